The summed E-state index contributed by atoms with van der Waals surface area (Å²) >= 11 is 5.84. The minimum Gasteiger partial charge on any atom is -0.456 e. The summed E-state index contributed by atoms with van der Waals surface area (Å²) in [5.74, 6) is 0.0568. The van der Waals surface area contributed by atoms with Gasteiger partial charge in [0.05, 0.1) is 6.42 Å². The summed E-state index contributed by atoms with van der Waals surface area (Å²) < 4.78 is 10.1. The van der Waals surface area contributed by atoms with E-state index < -0.39 is 12.0 Å². The Bertz CT molecular complexity index is 929. The Hall–Kier alpha value is -3.39. The number of nitrogens with zero attached hydrogens (tertiary/aromatic N) is 2. The normalized spacial score (nSPS) is 10.3. The van der Waals surface area contributed by atoms with Crippen LogP contribution in [0.1, 0.15) is 12.3 Å². The maximum absolute atomic E-state index is 11.8. The lowest BCUT2D eigenvalue weighted by Crippen LogP contribution is -2.30. The van der Waals surface area contributed by atoms with Gasteiger partial charge in [-0.15, -0.1) is 0 Å². The van der Waals surface area contributed by atoms with Crippen LogP contribution in [0.3, 0.4) is 0 Å². The van der Waals surface area contributed by atoms with E-state index in [2.05, 4.69) is 20.8 Å². The summed E-state index contributed by atoms with van der Waals surface area (Å²) in [5.41, 5.74) is 1.40. The molecule has 0 radical (unpaired) electrons. The van der Waals surface area contributed by atoms with E-state index in [1.807, 2.05) is 18.2 Å². The lowest BCUT2D eigenvalue weighted by molar-refractivity contribution is -0.145. The summed E-state index contributed by atoms with van der Waals surface area (Å²) in [6.45, 7) is -0.00695. The van der Waals surface area contributed by atoms with Gasteiger partial charge >= 0.3 is 12.0 Å². The van der Waals surface area contributed by atoms with Gasteiger partial charge < -0.3 is 19.9 Å². The molecule has 2 aromatic carbocycles. The van der Waals surface area contributed by atoms with Gasteiger partial charge in [-0.25, -0.2) is 4.79 Å². The first-order valence-electron chi connectivity index (χ1n) is 8.44. The van der Waals surface area contributed by atoms with Crippen molar-refractivity contribution in [1.29, 1.82) is 0 Å². The zero-order chi connectivity index (χ0) is 19.8. The van der Waals surface area contributed by atoms with Gasteiger partial charge in [-0.3, -0.25) is 4.79 Å². The van der Waals surface area contributed by atoms with Gasteiger partial charge in [-0.2, -0.15) is 4.98 Å². The summed E-state index contributed by atoms with van der Waals surface area (Å²) in [4.78, 5) is 27.6. The van der Waals surface area contributed by atoms with E-state index >= 15 is 0 Å². The number of aromatic nitrogens is 2. The molecule has 0 aliphatic carbocycles. The van der Waals surface area contributed by atoms with Gasteiger partial charge in [0.2, 0.25) is 5.82 Å². The maximum Gasteiger partial charge on any atom is 0.319 e. The number of rotatable bonds is 7. The quantitative estimate of drug-likeness (QED) is 0.586. The Morgan fingerprint density at radius 3 is 2.57 bits per heavy atom. The van der Waals surface area contributed by atoms with Crippen LogP contribution in [-0.2, 0) is 16.1 Å². The van der Waals surface area contributed by atoms with Crippen molar-refractivity contribution >= 4 is 29.3 Å². The average Bonchev–Trinajstić information content (AvgIpc) is 3.17. The molecule has 1 heterocycles. The summed E-state index contributed by atoms with van der Waals surface area (Å²) in [6.07, 6.45) is 0.0143. The van der Waals surface area contributed by atoms with Crippen molar-refractivity contribution in [2.24, 2.45) is 0 Å². The van der Waals surface area contributed by atoms with Gasteiger partial charge in [0, 0.05) is 22.8 Å². The fourth-order valence-corrected chi connectivity index (χ4v) is 2.34. The summed E-state index contributed by atoms with van der Waals surface area (Å²) in [7, 11) is 0. The highest BCUT2D eigenvalue weighted by Crippen LogP contribution is 2.18. The number of nitrogens with one attached hydrogen (secondary N) is 2. The summed E-state index contributed by atoms with van der Waals surface area (Å²) in [6, 6.07) is 15.5. The predicted octanol–water partition coefficient (Wildman–Crippen LogP) is 3.65. The molecule has 0 saturated carbocycles. The molecule has 0 bridgehead atoms. The van der Waals surface area contributed by atoms with Crippen molar-refractivity contribution in [3.8, 4) is 11.4 Å². The molecule has 0 aliphatic heterocycles. The molecule has 0 saturated heterocycles. The van der Waals surface area contributed by atoms with Crippen LogP contribution >= 0.6 is 11.6 Å². The molecule has 0 aliphatic rings. The van der Waals surface area contributed by atoms with E-state index in [4.69, 9.17) is 20.9 Å². The molecule has 3 aromatic rings. The molecule has 8 nitrogen and oxygen atoms in total. The van der Waals surface area contributed by atoms with Crippen LogP contribution in [-0.4, -0.2) is 28.7 Å². The predicted molar refractivity (Wildman–Crippen MR) is 103 cm³/mol. The number of hydrogen-bond donors (Lipinski definition) is 2. The largest absolute Gasteiger partial charge is 0.456 e. The number of benzene rings is 2. The molecule has 0 spiro atoms. The van der Waals surface area contributed by atoms with Gasteiger partial charge in [0.1, 0.15) is 0 Å². The van der Waals surface area contributed by atoms with Crippen molar-refractivity contribution in [1.82, 2.24) is 15.5 Å². The van der Waals surface area contributed by atoms with E-state index in [-0.39, 0.29) is 25.5 Å². The standard InChI is InChI=1S/C19H17ClN4O4/c20-14-8-6-13(7-9-14)18-23-16(28-24-18)12-27-17(25)10-11-21-19(26)22-15-4-2-1-3-5-15/h1-9H,10-12H2,(H2,21,22,26). The highest BCUT2D eigenvalue weighted by Gasteiger charge is 2.11. The Kier molecular flexibility index (Phi) is 6.59. The number of esters is 1. The minimum atomic E-state index is -0.494. The third-order valence-electron chi connectivity index (χ3n) is 3.57. The molecule has 2 amide bonds. The highest BCUT2D eigenvalue weighted by molar-refractivity contribution is 6.30. The van der Waals surface area contributed by atoms with Gasteiger partial charge in [-0.05, 0) is 36.4 Å². The number of hydrogen-bond acceptors (Lipinski definition) is 6. The molecular formula is C19H17ClN4O4. The number of carbonyl (C=O) groups is 2. The van der Waals surface area contributed by atoms with Crippen molar-refractivity contribution in [2.45, 2.75) is 13.0 Å². The molecular weight excluding hydrogens is 384 g/mol. The van der Waals surface area contributed by atoms with Gasteiger partial charge in [-0.1, -0.05) is 35.0 Å². The second-order valence-corrected chi connectivity index (χ2v) is 6.11. The van der Waals surface area contributed by atoms with Crippen molar-refractivity contribution < 1.29 is 18.8 Å². The lowest BCUT2D eigenvalue weighted by Gasteiger charge is -2.07. The van der Waals surface area contributed by atoms with E-state index in [0.717, 1.165) is 5.56 Å². The first kappa shape index (κ1) is 19.4. The molecule has 2 N–H and O–H groups in total. The van der Waals surface area contributed by atoms with Crippen LogP contribution in [0, 0.1) is 0 Å². The molecule has 144 valence electrons. The lowest BCUT2D eigenvalue weighted by atomic mass is 10.2. The van der Waals surface area contributed by atoms with Crippen LogP contribution in [0.5, 0.6) is 0 Å². The Labute approximate surface area is 165 Å². The number of amides is 2. The van der Waals surface area contributed by atoms with Gasteiger partial charge in [0.15, 0.2) is 6.61 Å². The second-order valence-electron chi connectivity index (χ2n) is 5.68. The summed E-state index contributed by atoms with van der Waals surface area (Å²) in [5, 5.41) is 9.67. The van der Waals surface area contributed by atoms with Crippen LogP contribution in [0.25, 0.3) is 11.4 Å². The molecule has 0 fully saturated rings. The van der Waals surface area contributed by atoms with Crippen molar-refractivity contribution in [2.75, 3.05) is 11.9 Å². The zero-order valence-electron chi connectivity index (χ0n) is 14.7. The Morgan fingerprint density at radius 2 is 1.82 bits per heavy atom. The maximum atomic E-state index is 11.8. The topological polar surface area (TPSA) is 106 Å². The third kappa shape index (κ3) is 5.82. The average molecular weight is 401 g/mol. The Morgan fingerprint density at radius 1 is 1.07 bits per heavy atom. The number of ether oxygens (including phenoxy) is 1. The first-order chi connectivity index (χ1) is 13.6. The molecule has 28 heavy (non-hydrogen) atoms. The number of anilines is 1. The van der Waals surface area contributed by atoms with Crippen LogP contribution in [0.4, 0.5) is 10.5 Å². The molecule has 3 rings (SSSR count). The molecule has 0 atom stereocenters. The van der Waals surface area contributed by atoms with Crippen LogP contribution in [0.15, 0.2) is 59.1 Å². The highest BCUT2D eigenvalue weighted by atomic mass is 35.5. The van der Waals surface area contributed by atoms with Gasteiger partial charge in [0.25, 0.3) is 5.89 Å². The van der Waals surface area contributed by atoms with Crippen LogP contribution in [0.2, 0.25) is 5.02 Å². The smallest absolute Gasteiger partial charge is 0.319 e. The van der Waals surface area contributed by atoms with Crippen molar-refractivity contribution in [3.05, 3.63) is 65.5 Å². The SMILES string of the molecule is O=C(NCCC(=O)OCc1nc(-c2ccc(Cl)cc2)no1)Nc1ccccc1. The number of carbonyl (C=O) groups excluding carboxylic acids is 2. The Balaban J connectivity index is 1.37. The number of para-hydroxylation sites is 1. The van der Waals surface area contributed by atoms with E-state index in [0.29, 0.717) is 16.5 Å². The fourth-order valence-electron chi connectivity index (χ4n) is 2.22. The monoisotopic (exact) mass is 400 g/mol. The first-order valence-corrected chi connectivity index (χ1v) is 8.82. The van der Waals surface area contributed by atoms with Crippen molar-refractivity contribution in [3.63, 3.8) is 0 Å². The molecule has 1 aromatic heterocycles. The second kappa shape index (κ2) is 9.52. The van der Waals surface area contributed by atoms with E-state index in [1.54, 1.807) is 36.4 Å². The molecule has 0 unspecified atom stereocenters. The third-order valence-corrected chi connectivity index (χ3v) is 3.83. The van der Waals surface area contributed by atoms with Crippen LogP contribution < -0.4 is 10.6 Å². The minimum absolute atomic E-state index is 0.0143. The zero-order valence-corrected chi connectivity index (χ0v) is 15.5. The number of halogens is 1. The molecule has 9 heteroatoms. The fraction of sp³-hybridized carbons (Fsp3) is 0.158. The van der Waals surface area contributed by atoms with E-state index in [9.17, 15) is 9.59 Å². The van der Waals surface area contributed by atoms with E-state index in [1.165, 1.54) is 0 Å². The number of urea groups is 1.